The lowest BCUT2D eigenvalue weighted by Crippen LogP contribution is -2.21. The molecular weight excluding hydrogens is 454 g/mol. The molecule has 0 spiro atoms. The Balaban J connectivity index is 2.34. The average molecular weight is 460 g/mol. The van der Waals surface area contributed by atoms with Crippen molar-refractivity contribution in [2.24, 2.45) is 0 Å². The number of hydrogen-bond acceptors (Lipinski definition) is 2. The molecule has 0 atom stereocenters. The molecule has 0 heterocycles. The van der Waals surface area contributed by atoms with Crippen molar-refractivity contribution in [1.29, 1.82) is 0 Å². The van der Waals surface area contributed by atoms with Gasteiger partial charge in [0, 0.05) is 29.4 Å². The highest BCUT2D eigenvalue weighted by atomic mass is 127. The minimum absolute atomic E-state index is 0.0606. The highest BCUT2D eigenvalue weighted by Gasteiger charge is 2.29. The van der Waals surface area contributed by atoms with Gasteiger partial charge in [-0.2, -0.15) is 0 Å². The molecule has 18 heavy (non-hydrogen) atoms. The van der Waals surface area contributed by atoms with Crippen LogP contribution in [-0.4, -0.2) is 11.6 Å². The number of carbonyl (C=O) groups excluding carboxylic acids is 2. The van der Waals surface area contributed by atoms with E-state index in [2.05, 4.69) is 45.2 Å². The van der Waals surface area contributed by atoms with E-state index in [9.17, 15) is 9.59 Å². The van der Waals surface area contributed by atoms with Crippen LogP contribution in [0.1, 0.15) is 31.8 Å². The van der Waals surface area contributed by atoms with Gasteiger partial charge in [0.2, 0.25) is 0 Å². The Hall–Kier alpha value is -0.760. The number of ketones is 2. The summed E-state index contributed by atoms with van der Waals surface area (Å²) in [4.78, 5) is 24.7. The Labute approximate surface area is 131 Å². The van der Waals surface area contributed by atoms with E-state index >= 15 is 0 Å². The molecule has 3 rings (SSSR count). The van der Waals surface area contributed by atoms with Crippen LogP contribution in [0, 0.1) is 7.14 Å². The fraction of sp³-hybridized carbons (Fsp3) is 0. The summed E-state index contributed by atoms with van der Waals surface area (Å²) in [5, 5.41) is 0. The summed E-state index contributed by atoms with van der Waals surface area (Å²) in [7, 11) is 0. The number of hydrogen-bond donors (Lipinski definition) is 0. The topological polar surface area (TPSA) is 34.1 Å². The van der Waals surface area contributed by atoms with Gasteiger partial charge in [-0.3, -0.25) is 9.59 Å². The summed E-state index contributed by atoms with van der Waals surface area (Å²) in [5.74, 6) is -0.121. The van der Waals surface area contributed by atoms with E-state index < -0.39 is 0 Å². The zero-order valence-corrected chi connectivity index (χ0v) is 13.4. The van der Waals surface area contributed by atoms with Crippen molar-refractivity contribution < 1.29 is 9.59 Å². The lowest BCUT2D eigenvalue weighted by molar-refractivity contribution is 0.0979. The number of rotatable bonds is 0. The lowest BCUT2D eigenvalue weighted by Gasteiger charge is -2.17. The maximum atomic E-state index is 12.4. The molecule has 88 valence electrons. The second-order valence-electron chi connectivity index (χ2n) is 4.02. The third-order valence-corrected chi connectivity index (χ3v) is 5.78. The summed E-state index contributed by atoms with van der Waals surface area (Å²) < 4.78 is 1.99. The predicted molar refractivity (Wildman–Crippen MR) is 85.2 cm³/mol. The number of halogens is 2. The van der Waals surface area contributed by atoms with Crippen molar-refractivity contribution in [3.63, 3.8) is 0 Å². The maximum absolute atomic E-state index is 12.4. The molecule has 0 bridgehead atoms. The molecule has 0 amide bonds. The minimum atomic E-state index is -0.0606. The number of carbonyl (C=O) groups is 2. The van der Waals surface area contributed by atoms with E-state index in [-0.39, 0.29) is 11.6 Å². The Morgan fingerprint density at radius 1 is 0.667 bits per heavy atom. The highest BCUT2D eigenvalue weighted by molar-refractivity contribution is 14.1. The van der Waals surface area contributed by atoms with Crippen LogP contribution >= 0.6 is 45.2 Å². The summed E-state index contributed by atoms with van der Waals surface area (Å²) in [6.07, 6.45) is 0. The second-order valence-corrected chi connectivity index (χ2v) is 6.34. The first kappa shape index (κ1) is 12.3. The van der Waals surface area contributed by atoms with Gasteiger partial charge in [-0.25, -0.2) is 0 Å². The van der Waals surface area contributed by atoms with E-state index in [0.29, 0.717) is 22.3 Å². The van der Waals surface area contributed by atoms with Gasteiger partial charge in [0.25, 0.3) is 0 Å². The number of benzene rings is 2. The van der Waals surface area contributed by atoms with Crippen molar-refractivity contribution in [3.8, 4) is 0 Å². The highest BCUT2D eigenvalue weighted by Crippen LogP contribution is 2.30. The van der Waals surface area contributed by atoms with Gasteiger partial charge in [0.15, 0.2) is 11.6 Å². The molecule has 2 aromatic carbocycles. The van der Waals surface area contributed by atoms with Crippen LogP contribution in [0.4, 0.5) is 0 Å². The zero-order valence-electron chi connectivity index (χ0n) is 9.04. The van der Waals surface area contributed by atoms with Gasteiger partial charge < -0.3 is 0 Å². The monoisotopic (exact) mass is 460 g/mol. The van der Waals surface area contributed by atoms with Crippen molar-refractivity contribution in [1.82, 2.24) is 0 Å². The fourth-order valence-corrected chi connectivity index (χ4v) is 3.03. The van der Waals surface area contributed by atoms with Crippen molar-refractivity contribution >= 4 is 56.7 Å². The van der Waals surface area contributed by atoms with Crippen LogP contribution in [0.15, 0.2) is 36.4 Å². The minimum Gasteiger partial charge on any atom is -0.289 e. The molecule has 2 nitrogen and oxygen atoms in total. The standard InChI is InChI=1S/C14H6I2O2/c15-11-5-9-10(6-12(11)16)14(18)8-4-2-1-3-7(8)13(9)17/h1-6H. The van der Waals surface area contributed by atoms with E-state index in [4.69, 9.17) is 0 Å². The van der Waals surface area contributed by atoms with E-state index in [1.54, 1.807) is 36.4 Å². The molecule has 0 unspecified atom stereocenters. The molecule has 4 heteroatoms. The van der Waals surface area contributed by atoms with Crippen molar-refractivity contribution in [3.05, 3.63) is 65.8 Å². The normalized spacial score (nSPS) is 13.2. The van der Waals surface area contributed by atoms with Crippen LogP contribution in [0.5, 0.6) is 0 Å². The Morgan fingerprint density at radius 2 is 1.06 bits per heavy atom. The first-order chi connectivity index (χ1) is 8.59. The SMILES string of the molecule is O=C1c2ccccc2C(=O)c2cc(I)c(I)cc21. The van der Waals surface area contributed by atoms with Crippen LogP contribution < -0.4 is 0 Å². The molecule has 0 N–H and O–H groups in total. The molecule has 0 fully saturated rings. The largest absolute Gasteiger partial charge is 0.289 e. The first-order valence-corrected chi connectivity index (χ1v) is 7.43. The Bertz CT molecular complexity index is 645. The summed E-state index contributed by atoms with van der Waals surface area (Å²) >= 11 is 4.35. The Kier molecular flexibility index (Phi) is 3.01. The predicted octanol–water partition coefficient (Wildman–Crippen LogP) is 3.67. The molecule has 0 radical (unpaired) electrons. The van der Waals surface area contributed by atoms with Gasteiger partial charge in [-0.1, -0.05) is 24.3 Å². The van der Waals surface area contributed by atoms with Gasteiger partial charge in [0.05, 0.1) is 0 Å². The maximum Gasteiger partial charge on any atom is 0.194 e. The van der Waals surface area contributed by atoms with E-state index in [0.717, 1.165) is 7.14 Å². The van der Waals surface area contributed by atoms with Crippen LogP contribution in [0.25, 0.3) is 0 Å². The number of fused-ring (bicyclic) bond motifs is 2. The second kappa shape index (κ2) is 4.41. The van der Waals surface area contributed by atoms with Gasteiger partial charge in [0.1, 0.15) is 0 Å². The molecule has 0 saturated heterocycles. The smallest absolute Gasteiger partial charge is 0.194 e. The zero-order chi connectivity index (χ0) is 12.9. The molecule has 2 aromatic rings. The van der Waals surface area contributed by atoms with Gasteiger partial charge in [-0.15, -0.1) is 0 Å². The van der Waals surface area contributed by atoms with Gasteiger partial charge >= 0.3 is 0 Å². The lowest BCUT2D eigenvalue weighted by atomic mass is 9.84. The average Bonchev–Trinajstić information content (AvgIpc) is 2.38. The summed E-state index contributed by atoms with van der Waals surface area (Å²) in [5.41, 5.74) is 2.05. The molecular formula is C14H6I2O2. The van der Waals surface area contributed by atoms with Gasteiger partial charge in [-0.05, 0) is 57.3 Å². The molecule has 0 saturated carbocycles. The summed E-state index contributed by atoms with van der Waals surface area (Å²) in [6.45, 7) is 0. The molecule has 1 aliphatic carbocycles. The van der Waals surface area contributed by atoms with Crippen LogP contribution in [-0.2, 0) is 0 Å². The van der Waals surface area contributed by atoms with E-state index in [1.165, 1.54) is 0 Å². The summed E-state index contributed by atoms with van der Waals surface area (Å²) in [6, 6.07) is 10.6. The molecule has 0 aromatic heterocycles. The van der Waals surface area contributed by atoms with Crippen LogP contribution in [0.2, 0.25) is 0 Å². The third kappa shape index (κ3) is 1.73. The fourth-order valence-electron chi connectivity index (χ4n) is 2.09. The van der Waals surface area contributed by atoms with Crippen molar-refractivity contribution in [2.75, 3.05) is 0 Å². The molecule has 0 aliphatic heterocycles. The first-order valence-electron chi connectivity index (χ1n) is 5.27. The van der Waals surface area contributed by atoms with Crippen LogP contribution in [0.3, 0.4) is 0 Å². The van der Waals surface area contributed by atoms with Crippen molar-refractivity contribution in [2.45, 2.75) is 0 Å². The third-order valence-electron chi connectivity index (χ3n) is 2.97. The molecule has 1 aliphatic rings. The van der Waals surface area contributed by atoms with E-state index in [1.807, 2.05) is 0 Å². The Morgan fingerprint density at radius 3 is 1.44 bits per heavy atom. The quantitative estimate of drug-likeness (QED) is 0.481.